The Balaban J connectivity index is 1.60. The van der Waals surface area contributed by atoms with Crippen LogP contribution in [0.4, 0.5) is 0 Å². The van der Waals surface area contributed by atoms with Crippen molar-refractivity contribution in [3.05, 3.63) is 0 Å². The van der Waals surface area contributed by atoms with Gasteiger partial charge in [0.15, 0.2) is 12.6 Å². The van der Waals surface area contributed by atoms with Gasteiger partial charge in [0.25, 0.3) is 0 Å². The van der Waals surface area contributed by atoms with E-state index in [9.17, 15) is 45.6 Å². The van der Waals surface area contributed by atoms with Crippen LogP contribution in [0.2, 0.25) is 0 Å². The maximum absolute atomic E-state index is 13.3. The van der Waals surface area contributed by atoms with Crippen LogP contribution >= 0.6 is 0 Å². The van der Waals surface area contributed by atoms with Gasteiger partial charge in [0.1, 0.15) is 48.8 Å². The normalized spacial score (nSPS) is 24.1. The Bertz CT molecular complexity index is 1350. The molecule has 0 aromatic rings. The monoisotopic (exact) mass is 1140 g/mol. The average molecular weight is 1140 g/mol. The highest BCUT2D eigenvalue weighted by Crippen LogP contribution is 2.30. The van der Waals surface area contributed by atoms with Gasteiger partial charge in [0.2, 0.25) is 5.91 Å². The summed E-state index contributed by atoms with van der Waals surface area (Å²) >= 11 is 0. The molecule has 0 saturated carbocycles. The lowest BCUT2D eigenvalue weighted by Crippen LogP contribution is -2.65. The SMILES string of the molecule is CCCCCCCCCCCCCCCCCCCCCCCCCCCCCCCCCCC(=O)NC(COC1OC(CO)C(OC2OC(CO)C(O)C(O)C2O)C(O)C1O)C(O)CCCCCCCCCCCCCCCC. The smallest absolute Gasteiger partial charge is 0.220 e. The minimum Gasteiger partial charge on any atom is -0.394 e. The molecule has 0 spiro atoms. The molecule has 2 heterocycles. The molecule has 2 saturated heterocycles. The van der Waals surface area contributed by atoms with E-state index in [1.54, 1.807) is 0 Å². The topological polar surface area (TPSA) is 228 Å². The molecule has 0 aromatic carbocycles. The summed E-state index contributed by atoms with van der Waals surface area (Å²) in [6.45, 7) is 2.91. The van der Waals surface area contributed by atoms with E-state index >= 15 is 0 Å². The third-order valence-electron chi connectivity index (χ3n) is 17.3. The summed E-state index contributed by atoms with van der Waals surface area (Å²) in [5, 5.41) is 87.4. The first kappa shape index (κ1) is 75.1. The molecule has 14 nitrogen and oxygen atoms in total. The number of hydrogen-bond donors (Lipinski definition) is 9. The Hall–Kier alpha value is -1.01. The molecule has 0 bridgehead atoms. The van der Waals surface area contributed by atoms with Gasteiger partial charge in [-0.2, -0.15) is 0 Å². The van der Waals surface area contributed by atoms with Gasteiger partial charge in [-0.1, -0.05) is 303 Å². The van der Waals surface area contributed by atoms with E-state index in [1.165, 1.54) is 244 Å². The van der Waals surface area contributed by atoms with Crippen molar-refractivity contribution < 1.29 is 64.6 Å². The molecule has 12 atom stereocenters. The number of aliphatic hydroxyl groups is 8. The quantitative estimate of drug-likeness (QED) is 0.0259. The Morgan fingerprint density at radius 3 is 1.06 bits per heavy atom. The molecule has 476 valence electrons. The van der Waals surface area contributed by atoms with E-state index in [0.717, 1.165) is 51.4 Å². The van der Waals surface area contributed by atoms with Crippen LogP contribution in [0.1, 0.15) is 322 Å². The molecule has 0 aromatic heterocycles. The van der Waals surface area contributed by atoms with Crippen LogP contribution in [0.5, 0.6) is 0 Å². The summed E-state index contributed by atoms with van der Waals surface area (Å²) in [6.07, 6.45) is 44.2. The van der Waals surface area contributed by atoms with Crippen molar-refractivity contribution in [1.82, 2.24) is 5.32 Å². The van der Waals surface area contributed by atoms with E-state index in [0.29, 0.717) is 12.8 Å². The number of carbonyl (C=O) groups excluding carboxylic acids is 1. The van der Waals surface area contributed by atoms with Gasteiger partial charge in [0, 0.05) is 6.42 Å². The van der Waals surface area contributed by atoms with Crippen LogP contribution in [0.3, 0.4) is 0 Å². The van der Waals surface area contributed by atoms with Crippen molar-refractivity contribution in [3.8, 4) is 0 Å². The minimum atomic E-state index is -1.78. The van der Waals surface area contributed by atoms with E-state index < -0.39 is 86.8 Å². The predicted molar refractivity (Wildman–Crippen MR) is 323 cm³/mol. The van der Waals surface area contributed by atoms with Crippen LogP contribution < -0.4 is 5.32 Å². The van der Waals surface area contributed by atoms with Gasteiger partial charge in [-0.15, -0.1) is 0 Å². The van der Waals surface area contributed by atoms with Gasteiger partial charge >= 0.3 is 0 Å². The number of hydrogen-bond acceptors (Lipinski definition) is 13. The second kappa shape index (κ2) is 52.3. The number of aliphatic hydroxyl groups excluding tert-OH is 8. The standard InChI is InChI=1S/C66H129NO13/c1-3-5-7-9-11-13-15-17-19-20-21-22-23-24-25-26-27-28-29-30-31-32-33-34-35-36-38-40-42-44-46-48-50-58(71)67-54(55(70)49-47-45-43-41-39-37-18-16-14-12-10-8-6-4-2)53-77-65-63(76)61(74)64(57(52-69)79-65)80-66-62(75)60(73)59(72)56(51-68)78-66/h54-57,59-66,68-70,72-76H,3-53H2,1-2H3,(H,67,71). The molecule has 14 heteroatoms. The first-order valence-corrected chi connectivity index (χ1v) is 34.3. The van der Waals surface area contributed by atoms with Crippen LogP contribution in [0.15, 0.2) is 0 Å². The largest absolute Gasteiger partial charge is 0.394 e. The molecule has 9 N–H and O–H groups in total. The maximum Gasteiger partial charge on any atom is 0.220 e. The maximum atomic E-state index is 13.3. The van der Waals surface area contributed by atoms with Gasteiger partial charge < -0.3 is 65.1 Å². The van der Waals surface area contributed by atoms with Crippen molar-refractivity contribution in [2.45, 2.75) is 396 Å². The summed E-state index contributed by atoms with van der Waals surface area (Å²) in [6, 6.07) is -0.823. The Kier molecular flexibility index (Phi) is 49.1. The van der Waals surface area contributed by atoms with E-state index in [2.05, 4.69) is 19.2 Å². The van der Waals surface area contributed by atoms with E-state index in [1.807, 2.05) is 0 Å². The van der Waals surface area contributed by atoms with Gasteiger partial charge in [-0.05, 0) is 12.8 Å². The third kappa shape index (κ3) is 36.7. The number of nitrogens with one attached hydrogen (secondary N) is 1. The Morgan fingerprint density at radius 1 is 0.400 bits per heavy atom. The molecule has 0 radical (unpaired) electrons. The highest BCUT2D eigenvalue weighted by Gasteiger charge is 2.51. The van der Waals surface area contributed by atoms with Crippen LogP contribution in [-0.2, 0) is 23.7 Å². The molecule has 12 unspecified atom stereocenters. The number of ether oxygens (including phenoxy) is 4. The lowest BCUT2D eigenvalue weighted by Gasteiger charge is -2.46. The summed E-state index contributed by atoms with van der Waals surface area (Å²) in [7, 11) is 0. The fourth-order valence-corrected chi connectivity index (χ4v) is 11.8. The molecule has 2 fully saturated rings. The molecule has 0 aliphatic carbocycles. The summed E-state index contributed by atoms with van der Waals surface area (Å²) < 4.78 is 22.9. The average Bonchev–Trinajstić information content (AvgIpc) is 3.46. The first-order chi connectivity index (χ1) is 39.1. The minimum absolute atomic E-state index is 0.199. The lowest BCUT2D eigenvalue weighted by atomic mass is 9.97. The third-order valence-corrected chi connectivity index (χ3v) is 17.3. The number of rotatable bonds is 57. The summed E-state index contributed by atoms with van der Waals surface area (Å²) in [5.74, 6) is -0.199. The highest BCUT2D eigenvalue weighted by atomic mass is 16.7. The Labute approximate surface area is 489 Å². The second-order valence-corrected chi connectivity index (χ2v) is 24.7. The molecule has 2 aliphatic rings. The summed E-state index contributed by atoms with van der Waals surface area (Å²) in [4.78, 5) is 13.3. The van der Waals surface area contributed by atoms with Crippen LogP contribution in [-0.4, -0.2) is 140 Å². The fraction of sp³-hybridized carbons (Fsp3) is 0.985. The van der Waals surface area contributed by atoms with Crippen molar-refractivity contribution in [2.24, 2.45) is 0 Å². The number of amides is 1. The Morgan fingerprint density at radius 2 is 0.713 bits per heavy atom. The van der Waals surface area contributed by atoms with Crippen molar-refractivity contribution in [1.29, 1.82) is 0 Å². The second-order valence-electron chi connectivity index (χ2n) is 24.7. The van der Waals surface area contributed by atoms with E-state index in [4.69, 9.17) is 18.9 Å². The molecule has 2 rings (SSSR count). The van der Waals surface area contributed by atoms with Gasteiger partial charge in [-0.3, -0.25) is 4.79 Å². The zero-order chi connectivity index (χ0) is 58.1. The van der Waals surface area contributed by atoms with Gasteiger partial charge in [0.05, 0.1) is 32.0 Å². The van der Waals surface area contributed by atoms with Gasteiger partial charge in [-0.25, -0.2) is 0 Å². The molecule has 1 amide bonds. The molecular formula is C66H129NO13. The number of carbonyl (C=O) groups is 1. The predicted octanol–water partition coefficient (Wildman–Crippen LogP) is 13.2. The fourth-order valence-electron chi connectivity index (χ4n) is 11.8. The van der Waals surface area contributed by atoms with E-state index in [-0.39, 0.29) is 12.5 Å². The number of unbranched alkanes of at least 4 members (excludes halogenated alkanes) is 44. The molecular weight excluding hydrogens is 1010 g/mol. The molecule has 2 aliphatic heterocycles. The van der Waals surface area contributed by atoms with Crippen molar-refractivity contribution in [3.63, 3.8) is 0 Å². The van der Waals surface area contributed by atoms with Crippen molar-refractivity contribution >= 4 is 5.91 Å². The zero-order valence-corrected chi connectivity index (χ0v) is 51.6. The van der Waals surface area contributed by atoms with Crippen molar-refractivity contribution in [2.75, 3.05) is 19.8 Å². The zero-order valence-electron chi connectivity index (χ0n) is 51.6. The van der Waals surface area contributed by atoms with Crippen LogP contribution in [0, 0.1) is 0 Å². The lowest BCUT2D eigenvalue weighted by molar-refractivity contribution is -0.359. The van der Waals surface area contributed by atoms with Crippen LogP contribution in [0.25, 0.3) is 0 Å². The molecule has 80 heavy (non-hydrogen) atoms. The highest BCUT2D eigenvalue weighted by molar-refractivity contribution is 5.76. The first-order valence-electron chi connectivity index (χ1n) is 34.3. The summed E-state index contributed by atoms with van der Waals surface area (Å²) in [5.41, 5.74) is 0.